The third kappa shape index (κ3) is 1.95. The fraction of sp³-hybridized carbons (Fsp3) is 0.294. The zero-order valence-corrected chi connectivity index (χ0v) is 15.2. The zero-order chi connectivity index (χ0) is 18.0. The number of ether oxygens (including phenoxy) is 1. The van der Waals surface area contributed by atoms with E-state index in [9.17, 15) is 18.0 Å². The van der Waals surface area contributed by atoms with E-state index in [1.165, 1.54) is 17.4 Å². The molecule has 25 heavy (non-hydrogen) atoms. The van der Waals surface area contributed by atoms with Crippen LogP contribution in [0, 0.1) is 6.92 Å². The van der Waals surface area contributed by atoms with Gasteiger partial charge in [0.1, 0.15) is 6.04 Å². The van der Waals surface area contributed by atoms with Gasteiger partial charge in [0.15, 0.2) is 11.3 Å². The highest BCUT2D eigenvalue weighted by atomic mass is 32.2. The molecule has 4 rings (SSSR count). The Labute approximate surface area is 149 Å². The lowest BCUT2D eigenvalue weighted by Gasteiger charge is -2.13. The fourth-order valence-electron chi connectivity index (χ4n) is 3.54. The molecule has 2 aliphatic rings. The van der Waals surface area contributed by atoms with E-state index in [1.807, 2.05) is 6.92 Å². The predicted octanol–water partition coefficient (Wildman–Crippen LogP) is 2.08. The van der Waals surface area contributed by atoms with Gasteiger partial charge in [-0.05, 0) is 31.4 Å². The molecule has 1 unspecified atom stereocenters. The van der Waals surface area contributed by atoms with Crippen LogP contribution in [-0.4, -0.2) is 37.1 Å². The Morgan fingerprint density at radius 1 is 1.32 bits per heavy atom. The van der Waals surface area contributed by atoms with Crippen molar-refractivity contribution in [2.24, 2.45) is 0 Å². The van der Waals surface area contributed by atoms with Crippen LogP contribution in [0.2, 0.25) is 0 Å². The molecule has 3 atom stereocenters. The standard InChI is InChI=1S/C17H15NO5S2/c1-3-23-16(20)17-11-9-10(2)6-7-13(11)25(21,22)18(17)15(17)14(19)12-5-4-8-24-12/h4-9,15H,3H2,1-2H3/t15-,17-,18?/m0/s1. The highest BCUT2D eigenvalue weighted by Crippen LogP contribution is 2.62. The number of thiophene rings is 1. The Balaban J connectivity index is 1.93. The maximum absolute atomic E-state index is 12.9. The van der Waals surface area contributed by atoms with E-state index >= 15 is 0 Å². The summed E-state index contributed by atoms with van der Waals surface area (Å²) < 4.78 is 32.0. The Morgan fingerprint density at radius 3 is 2.72 bits per heavy atom. The highest BCUT2D eigenvalue weighted by Gasteiger charge is 2.82. The van der Waals surface area contributed by atoms with Gasteiger partial charge in [0.05, 0.1) is 16.4 Å². The number of benzene rings is 1. The summed E-state index contributed by atoms with van der Waals surface area (Å²) in [4.78, 5) is 26.1. The summed E-state index contributed by atoms with van der Waals surface area (Å²) >= 11 is 1.22. The van der Waals surface area contributed by atoms with E-state index in [-0.39, 0.29) is 17.3 Å². The lowest BCUT2D eigenvalue weighted by atomic mass is 9.91. The van der Waals surface area contributed by atoms with Gasteiger partial charge in [-0.15, -0.1) is 11.3 Å². The number of carbonyl (C=O) groups is 2. The molecule has 3 heterocycles. The van der Waals surface area contributed by atoms with Gasteiger partial charge in [0.25, 0.3) is 0 Å². The van der Waals surface area contributed by atoms with Crippen molar-refractivity contribution in [3.63, 3.8) is 0 Å². The van der Waals surface area contributed by atoms with E-state index in [0.717, 1.165) is 9.87 Å². The van der Waals surface area contributed by atoms with Crippen molar-refractivity contribution in [2.75, 3.05) is 6.61 Å². The molecule has 0 radical (unpaired) electrons. The molecule has 0 amide bonds. The van der Waals surface area contributed by atoms with Crippen LogP contribution in [0.15, 0.2) is 40.6 Å². The largest absolute Gasteiger partial charge is 0.464 e. The van der Waals surface area contributed by atoms with Gasteiger partial charge < -0.3 is 4.74 Å². The van der Waals surface area contributed by atoms with Gasteiger partial charge in [-0.3, -0.25) is 4.79 Å². The quantitative estimate of drug-likeness (QED) is 0.463. The molecule has 0 aliphatic carbocycles. The first kappa shape index (κ1) is 16.4. The molecule has 8 heteroatoms. The molecular formula is C17H15NO5S2. The average Bonchev–Trinajstić information content (AvgIpc) is 2.89. The molecule has 0 spiro atoms. The maximum Gasteiger partial charge on any atom is 0.334 e. The first-order valence-corrected chi connectivity index (χ1v) is 10.1. The van der Waals surface area contributed by atoms with Gasteiger partial charge in [-0.2, -0.15) is 4.31 Å². The van der Waals surface area contributed by atoms with Gasteiger partial charge in [-0.1, -0.05) is 23.8 Å². The molecule has 1 aromatic carbocycles. The second kappa shape index (κ2) is 5.23. The van der Waals surface area contributed by atoms with E-state index in [2.05, 4.69) is 0 Å². The van der Waals surface area contributed by atoms with Crippen molar-refractivity contribution < 1.29 is 22.7 Å². The molecule has 6 nitrogen and oxygen atoms in total. The van der Waals surface area contributed by atoms with Crippen molar-refractivity contribution >= 4 is 33.1 Å². The van der Waals surface area contributed by atoms with Crippen molar-refractivity contribution in [3.05, 3.63) is 51.7 Å². The minimum absolute atomic E-state index is 0.0707. The summed E-state index contributed by atoms with van der Waals surface area (Å²) in [6, 6.07) is 7.09. The summed E-state index contributed by atoms with van der Waals surface area (Å²) in [7, 11) is -3.92. The number of hydrogen-bond donors (Lipinski definition) is 0. The molecule has 0 N–H and O–H groups in total. The number of carbonyl (C=O) groups excluding carboxylic acids is 2. The van der Waals surface area contributed by atoms with Crippen molar-refractivity contribution in [1.29, 1.82) is 0 Å². The summed E-state index contributed by atoms with van der Waals surface area (Å²) in [6.07, 6.45) is 0. The molecule has 1 fully saturated rings. The number of sulfonamides is 1. The minimum Gasteiger partial charge on any atom is -0.464 e. The number of fused-ring (bicyclic) bond motifs is 3. The van der Waals surface area contributed by atoms with Crippen LogP contribution in [0.4, 0.5) is 0 Å². The normalized spacial score (nSPS) is 28.1. The number of hydrogen-bond acceptors (Lipinski definition) is 6. The molecule has 1 saturated heterocycles. The van der Waals surface area contributed by atoms with Gasteiger partial charge >= 0.3 is 5.97 Å². The molecule has 2 aromatic rings. The second-order valence-corrected chi connectivity index (χ2v) is 8.76. The first-order valence-electron chi connectivity index (χ1n) is 7.77. The lowest BCUT2D eigenvalue weighted by Crippen LogP contribution is -2.30. The molecule has 0 saturated carbocycles. The third-order valence-electron chi connectivity index (χ3n) is 4.59. The van der Waals surface area contributed by atoms with Crippen LogP contribution >= 0.6 is 11.3 Å². The van der Waals surface area contributed by atoms with E-state index in [4.69, 9.17) is 4.74 Å². The smallest absolute Gasteiger partial charge is 0.334 e. The van der Waals surface area contributed by atoms with Gasteiger partial charge in [0.2, 0.25) is 10.0 Å². The maximum atomic E-state index is 12.9. The van der Waals surface area contributed by atoms with Crippen molar-refractivity contribution in [3.8, 4) is 0 Å². The van der Waals surface area contributed by atoms with E-state index in [0.29, 0.717) is 10.4 Å². The minimum atomic E-state index is -3.92. The summed E-state index contributed by atoms with van der Waals surface area (Å²) in [5, 5.41) is 1.74. The predicted molar refractivity (Wildman–Crippen MR) is 91.0 cm³/mol. The van der Waals surface area contributed by atoms with Gasteiger partial charge in [-0.25, -0.2) is 13.2 Å². The fourth-order valence-corrected chi connectivity index (χ4v) is 6.30. The second-order valence-electron chi connectivity index (χ2n) is 6.03. The molecule has 1 aromatic heterocycles. The number of Topliss-reactive ketones (excluding diaryl/α,β-unsaturated/α-hetero) is 1. The van der Waals surface area contributed by atoms with Crippen molar-refractivity contribution in [1.82, 2.24) is 4.31 Å². The van der Waals surface area contributed by atoms with Gasteiger partial charge in [0, 0.05) is 5.56 Å². The number of aryl methyl sites for hydroxylation is 1. The van der Waals surface area contributed by atoms with Crippen LogP contribution in [0.3, 0.4) is 0 Å². The summed E-state index contributed by atoms with van der Waals surface area (Å²) in [5.41, 5.74) is -0.424. The topological polar surface area (TPSA) is 80.5 Å². The molecule has 0 bridgehead atoms. The summed E-state index contributed by atoms with van der Waals surface area (Å²) in [5.74, 6) is -1.07. The van der Waals surface area contributed by atoms with Crippen LogP contribution in [0.25, 0.3) is 0 Å². The monoisotopic (exact) mass is 377 g/mol. The molecular weight excluding hydrogens is 362 g/mol. The number of rotatable bonds is 4. The Bertz CT molecular complexity index is 996. The number of nitrogens with zero attached hydrogens (tertiary/aromatic N) is 1. The SMILES string of the molecule is CCOC(=O)[C@@]12c3cc(C)ccc3S(=O)(=O)N1[C@H]2C(=O)c1cccs1. The van der Waals surface area contributed by atoms with Crippen LogP contribution in [0.5, 0.6) is 0 Å². The van der Waals surface area contributed by atoms with Crippen molar-refractivity contribution in [2.45, 2.75) is 30.3 Å². The Hall–Kier alpha value is -2.03. The van der Waals surface area contributed by atoms with E-state index in [1.54, 1.807) is 36.6 Å². The van der Waals surface area contributed by atoms with Crippen LogP contribution in [-0.2, 0) is 25.1 Å². The van der Waals surface area contributed by atoms with Crippen LogP contribution in [0.1, 0.15) is 27.7 Å². The molecule has 130 valence electrons. The lowest BCUT2D eigenvalue weighted by molar-refractivity contribution is -0.147. The Morgan fingerprint density at radius 2 is 2.08 bits per heavy atom. The first-order chi connectivity index (χ1) is 11.9. The average molecular weight is 377 g/mol. The van der Waals surface area contributed by atoms with E-state index < -0.39 is 27.6 Å². The summed E-state index contributed by atoms with van der Waals surface area (Å²) in [6.45, 7) is 3.57. The third-order valence-corrected chi connectivity index (χ3v) is 7.40. The Kier molecular flexibility index (Phi) is 3.44. The number of esters is 1. The zero-order valence-electron chi connectivity index (χ0n) is 13.6. The molecule has 2 aliphatic heterocycles. The van der Waals surface area contributed by atoms with Crippen LogP contribution < -0.4 is 0 Å². The highest BCUT2D eigenvalue weighted by molar-refractivity contribution is 7.90. The number of ketones is 1.